The molecule has 0 saturated heterocycles. The number of carbonyl (C=O) groups excluding carboxylic acids is 2. The molecule has 23 heavy (non-hydrogen) atoms. The van der Waals surface area contributed by atoms with E-state index in [1.165, 1.54) is 18.4 Å². The maximum atomic E-state index is 11.9. The molecule has 1 aliphatic rings. The second kappa shape index (κ2) is 8.50. The Balaban J connectivity index is 1.76. The van der Waals surface area contributed by atoms with Crippen molar-refractivity contribution < 1.29 is 14.1 Å². The molecular weight excluding hydrogens is 294 g/mol. The fourth-order valence-electron chi connectivity index (χ4n) is 2.70. The van der Waals surface area contributed by atoms with Crippen LogP contribution in [0.3, 0.4) is 0 Å². The van der Waals surface area contributed by atoms with Gasteiger partial charge in [-0.1, -0.05) is 16.8 Å². The standard InChI is InChI=1S/C17H25N3O3/c1-13-12-16(19-23-13)18-17(22)9-11-20(14(2)21)10-8-15-6-4-3-5-7-15/h6,12H,3-5,7-11H2,1-2H3,(H,18,19,22). The van der Waals surface area contributed by atoms with E-state index in [2.05, 4.69) is 16.5 Å². The fourth-order valence-corrected chi connectivity index (χ4v) is 2.70. The first-order valence-corrected chi connectivity index (χ1v) is 8.21. The average molecular weight is 319 g/mol. The van der Waals surface area contributed by atoms with Gasteiger partial charge in [0.2, 0.25) is 11.8 Å². The molecule has 6 nitrogen and oxygen atoms in total. The number of hydrogen-bond donors (Lipinski definition) is 1. The van der Waals surface area contributed by atoms with E-state index in [0.717, 1.165) is 19.3 Å². The number of aromatic nitrogens is 1. The molecule has 0 unspecified atom stereocenters. The molecule has 2 rings (SSSR count). The van der Waals surface area contributed by atoms with Crippen molar-refractivity contribution in [3.8, 4) is 0 Å². The first-order chi connectivity index (χ1) is 11.0. The summed E-state index contributed by atoms with van der Waals surface area (Å²) in [6.45, 7) is 4.41. The summed E-state index contributed by atoms with van der Waals surface area (Å²) in [6, 6.07) is 1.66. The summed E-state index contributed by atoms with van der Waals surface area (Å²) in [7, 11) is 0. The lowest BCUT2D eigenvalue weighted by Crippen LogP contribution is -2.33. The molecule has 0 atom stereocenters. The predicted molar refractivity (Wildman–Crippen MR) is 87.9 cm³/mol. The normalized spacial score (nSPS) is 14.3. The number of anilines is 1. The van der Waals surface area contributed by atoms with Crippen LogP contribution in [0.5, 0.6) is 0 Å². The van der Waals surface area contributed by atoms with Crippen molar-refractivity contribution >= 4 is 17.6 Å². The van der Waals surface area contributed by atoms with Crippen molar-refractivity contribution in [1.29, 1.82) is 0 Å². The van der Waals surface area contributed by atoms with Crippen LogP contribution in [-0.4, -0.2) is 35.0 Å². The molecule has 0 fully saturated rings. The zero-order valence-corrected chi connectivity index (χ0v) is 13.9. The number of rotatable bonds is 7. The average Bonchev–Trinajstić information content (AvgIpc) is 2.93. The van der Waals surface area contributed by atoms with Crippen LogP contribution >= 0.6 is 0 Å². The van der Waals surface area contributed by atoms with Crippen LogP contribution < -0.4 is 5.32 Å². The Kier molecular flexibility index (Phi) is 6.38. The van der Waals surface area contributed by atoms with E-state index in [9.17, 15) is 9.59 Å². The third-order valence-corrected chi connectivity index (χ3v) is 4.04. The molecule has 0 saturated carbocycles. The minimum Gasteiger partial charge on any atom is -0.360 e. The van der Waals surface area contributed by atoms with Crippen LogP contribution in [0.4, 0.5) is 5.82 Å². The highest BCUT2D eigenvalue weighted by atomic mass is 16.5. The lowest BCUT2D eigenvalue weighted by molar-refractivity contribution is -0.129. The van der Waals surface area contributed by atoms with Gasteiger partial charge in [0.05, 0.1) is 0 Å². The lowest BCUT2D eigenvalue weighted by Gasteiger charge is -2.22. The van der Waals surface area contributed by atoms with Crippen molar-refractivity contribution in [1.82, 2.24) is 10.1 Å². The topological polar surface area (TPSA) is 75.4 Å². The van der Waals surface area contributed by atoms with Gasteiger partial charge in [-0.2, -0.15) is 0 Å². The van der Waals surface area contributed by atoms with Gasteiger partial charge in [0.1, 0.15) is 5.76 Å². The van der Waals surface area contributed by atoms with Crippen LogP contribution in [0, 0.1) is 6.92 Å². The van der Waals surface area contributed by atoms with Crippen LogP contribution in [0.25, 0.3) is 0 Å². The number of nitrogens with one attached hydrogen (secondary N) is 1. The Morgan fingerprint density at radius 3 is 2.78 bits per heavy atom. The number of allylic oxidation sites excluding steroid dienone is 1. The van der Waals surface area contributed by atoms with E-state index in [1.54, 1.807) is 24.8 Å². The Labute approximate surface area is 136 Å². The summed E-state index contributed by atoms with van der Waals surface area (Å²) in [6.07, 6.45) is 8.25. The summed E-state index contributed by atoms with van der Waals surface area (Å²) in [5, 5.41) is 6.39. The van der Waals surface area contributed by atoms with Crippen molar-refractivity contribution in [3.05, 3.63) is 23.5 Å². The molecule has 0 aromatic carbocycles. The molecule has 0 radical (unpaired) electrons. The van der Waals surface area contributed by atoms with Crippen molar-refractivity contribution in [2.75, 3.05) is 18.4 Å². The predicted octanol–water partition coefficient (Wildman–Crippen LogP) is 3.05. The number of carbonyl (C=O) groups is 2. The largest absolute Gasteiger partial charge is 0.360 e. The van der Waals surface area contributed by atoms with E-state index in [1.807, 2.05) is 0 Å². The zero-order chi connectivity index (χ0) is 16.7. The van der Waals surface area contributed by atoms with Gasteiger partial charge in [-0.25, -0.2) is 0 Å². The minimum atomic E-state index is -0.165. The number of aryl methyl sites for hydroxylation is 1. The molecule has 1 heterocycles. The maximum absolute atomic E-state index is 11.9. The van der Waals surface area contributed by atoms with Crippen LogP contribution in [0.2, 0.25) is 0 Å². The molecule has 0 spiro atoms. The SMILES string of the molecule is CC(=O)N(CCC(=O)Nc1cc(C)on1)CCC1=CCCCC1. The maximum Gasteiger partial charge on any atom is 0.227 e. The van der Waals surface area contributed by atoms with Crippen LogP contribution in [0.15, 0.2) is 22.2 Å². The Hall–Kier alpha value is -2.11. The minimum absolute atomic E-state index is 0.00601. The summed E-state index contributed by atoms with van der Waals surface area (Å²) in [5.74, 6) is 0.897. The highest BCUT2D eigenvalue weighted by molar-refractivity contribution is 5.90. The van der Waals surface area contributed by atoms with E-state index < -0.39 is 0 Å². The van der Waals surface area contributed by atoms with Gasteiger partial charge in [-0.3, -0.25) is 9.59 Å². The van der Waals surface area contributed by atoms with Crippen molar-refractivity contribution in [2.45, 2.75) is 52.4 Å². The Morgan fingerprint density at radius 1 is 1.35 bits per heavy atom. The van der Waals surface area contributed by atoms with Crippen molar-refractivity contribution in [2.24, 2.45) is 0 Å². The fraction of sp³-hybridized carbons (Fsp3) is 0.588. The third kappa shape index (κ3) is 5.88. The van der Waals surface area contributed by atoms with Gasteiger partial charge >= 0.3 is 0 Å². The summed E-state index contributed by atoms with van der Waals surface area (Å²) < 4.78 is 4.90. The van der Waals surface area contributed by atoms with Gasteiger partial charge in [0.15, 0.2) is 5.82 Å². The molecular formula is C17H25N3O3. The summed E-state index contributed by atoms with van der Waals surface area (Å²) >= 11 is 0. The summed E-state index contributed by atoms with van der Waals surface area (Å²) in [5.41, 5.74) is 1.44. The smallest absolute Gasteiger partial charge is 0.227 e. The molecule has 0 aliphatic heterocycles. The number of amides is 2. The van der Waals surface area contributed by atoms with Gasteiger partial charge in [0.25, 0.3) is 0 Å². The van der Waals surface area contributed by atoms with Crippen molar-refractivity contribution in [3.63, 3.8) is 0 Å². The third-order valence-electron chi connectivity index (χ3n) is 4.04. The van der Waals surface area contributed by atoms with Crippen LogP contribution in [-0.2, 0) is 9.59 Å². The van der Waals surface area contributed by atoms with Gasteiger partial charge < -0.3 is 14.7 Å². The zero-order valence-electron chi connectivity index (χ0n) is 13.9. The van der Waals surface area contributed by atoms with E-state index in [4.69, 9.17) is 4.52 Å². The molecule has 6 heteroatoms. The summed E-state index contributed by atoms with van der Waals surface area (Å²) in [4.78, 5) is 25.4. The quantitative estimate of drug-likeness (QED) is 0.784. The molecule has 1 N–H and O–H groups in total. The molecule has 2 amide bonds. The van der Waals surface area contributed by atoms with E-state index in [-0.39, 0.29) is 18.2 Å². The van der Waals surface area contributed by atoms with E-state index >= 15 is 0 Å². The molecule has 0 bridgehead atoms. The molecule has 1 aliphatic carbocycles. The molecule has 126 valence electrons. The highest BCUT2D eigenvalue weighted by Crippen LogP contribution is 2.20. The first kappa shape index (κ1) is 17.2. The number of hydrogen-bond acceptors (Lipinski definition) is 4. The molecule has 1 aromatic heterocycles. The van der Waals surface area contributed by atoms with Gasteiger partial charge in [-0.05, 0) is 39.0 Å². The second-order valence-electron chi connectivity index (χ2n) is 5.99. The second-order valence-corrected chi connectivity index (χ2v) is 5.99. The van der Waals surface area contributed by atoms with Crippen LogP contribution in [0.1, 0.15) is 51.2 Å². The Bertz CT molecular complexity index is 577. The van der Waals surface area contributed by atoms with Gasteiger partial charge in [-0.15, -0.1) is 0 Å². The molecule has 1 aromatic rings. The lowest BCUT2D eigenvalue weighted by atomic mass is 9.97. The highest BCUT2D eigenvalue weighted by Gasteiger charge is 2.13. The number of nitrogens with zero attached hydrogens (tertiary/aromatic N) is 2. The Morgan fingerprint density at radius 2 is 2.17 bits per heavy atom. The first-order valence-electron chi connectivity index (χ1n) is 8.21. The van der Waals surface area contributed by atoms with Gasteiger partial charge in [0, 0.05) is 32.5 Å². The monoisotopic (exact) mass is 319 g/mol. The van der Waals surface area contributed by atoms with E-state index in [0.29, 0.717) is 24.7 Å².